The number of carbonyl (C=O) groups is 2. The van der Waals surface area contributed by atoms with Crippen molar-refractivity contribution in [2.75, 3.05) is 27.9 Å². The Morgan fingerprint density at radius 2 is 1.66 bits per heavy atom. The van der Waals surface area contributed by atoms with E-state index >= 15 is 0 Å². The van der Waals surface area contributed by atoms with E-state index in [0.717, 1.165) is 39.0 Å². The van der Waals surface area contributed by atoms with E-state index in [1.807, 2.05) is 60.7 Å². The van der Waals surface area contributed by atoms with Gasteiger partial charge < -0.3 is 29.0 Å². The van der Waals surface area contributed by atoms with E-state index in [0.29, 0.717) is 24.5 Å². The highest BCUT2D eigenvalue weighted by Crippen LogP contribution is 2.44. The third-order valence-corrected chi connectivity index (χ3v) is 7.60. The minimum Gasteiger partial charge on any atom is -0.497 e. The maximum absolute atomic E-state index is 14.0. The van der Waals surface area contributed by atoms with Gasteiger partial charge in [-0.25, -0.2) is 0 Å². The van der Waals surface area contributed by atoms with Crippen molar-refractivity contribution in [3.63, 3.8) is 0 Å². The van der Waals surface area contributed by atoms with E-state index in [9.17, 15) is 9.59 Å². The summed E-state index contributed by atoms with van der Waals surface area (Å²) in [4.78, 5) is 34.7. The van der Waals surface area contributed by atoms with Gasteiger partial charge in [-0.3, -0.25) is 9.59 Å². The molecule has 0 radical (unpaired) electrons. The largest absolute Gasteiger partial charge is 0.497 e. The molecule has 38 heavy (non-hydrogen) atoms. The summed E-state index contributed by atoms with van der Waals surface area (Å²) < 4.78 is 16.3. The van der Waals surface area contributed by atoms with Crippen molar-refractivity contribution < 1.29 is 23.8 Å². The summed E-state index contributed by atoms with van der Waals surface area (Å²) in [7, 11) is 4.80. The first-order valence-corrected chi connectivity index (χ1v) is 12.6. The van der Waals surface area contributed by atoms with Crippen molar-refractivity contribution in [2.45, 2.75) is 25.0 Å². The van der Waals surface area contributed by atoms with Crippen LogP contribution in [0, 0.1) is 0 Å². The molecule has 8 nitrogen and oxygen atoms in total. The summed E-state index contributed by atoms with van der Waals surface area (Å²) in [5, 5.41) is 1.07. The zero-order valence-corrected chi connectivity index (χ0v) is 21.6. The Bertz CT molecular complexity index is 1530. The maximum atomic E-state index is 14.0. The van der Waals surface area contributed by atoms with Crippen LogP contribution in [-0.4, -0.2) is 60.5 Å². The van der Waals surface area contributed by atoms with Gasteiger partial charge in [-0.1, -0.05) is 36.4 Å². The number of nitrogens with zero attached hydrogens (tertiary/aromatic N) is 2. The number of hydrogen-bond donors (Lipinski definition) is 1. The second-order valence-electron chi connectivity index (χ2n) is 9.64. The predicted octanol–water partition coefficient (Wildman–Crippen LogP) is 4.08. The zero-order valence-electron chi connectivity index (χ0n) is 21.6. The predicted molar refractivity (Wildman–Crippen MR) is 142 cm³/mol. The Labute approximate surface area is 220 Å². The molecule has 1 N–H and O–H groups in total. The van der Waals surface area contributed by atoms with Crippen molar-refractivity contribution in [2.24, 2.45) is 0 Å². The van der Waals surface area contributed by atoms with E-state index < -0.39 is 12.1 Å². The molecule has 2 aliphatic rings. The minimum atomic E-state index is -0.612. The molecule has 0 spiro atoms. The van der Waals surface area contributed by atoms with Gasteiger partial charge in [0.05, 0.1) is 27.4 Å². The van der Waals surface area contributed by atoms with Crippen molar-refractivity contribution in [3.05, 3.63) is 89.1 Å². The van der Waals surface area contributed by atoms with Gasteiger partial charge in [0.25, 0.3) is 0 Å². The number of hydrogen-bond acceptors (Lipinski definition) is 5. The number of amides is 2. The van der Waals surface area contributed by atoms with Crippen LogP contribution in [0.4, 0.5) is 0 Å². The number of para-hydroxylation sites is 1. The van der Waals surface area contributed by atoms with E-state index in [2.05, 4.69) is 11.1 Å². The van der Waals surface area contributed by atoms with Crippen LogP contribution in [0.1, 0.15) is 28.4 Å². The third-order valence-electron chi connectivity index (χ3n) is 7.60. The molecule has 0 bridgehead atoms. The van der Waals surface area contributed by atoms with Gasteiger partial charge in [-0.05, 0) is 47.0 Å². The first-order chi connectivity index (χ1) is 18.5. The van der Waals surface area contributed by atoms with Crippen molar-refractivity contribution >= 4 is 22.7 Å². The highest BCUT2D eigenvalue weighted by molar-refractivity contribution is 5.97. The molecule has 0 aliphatic carbocycles. The first-order valence-electron chi connectivity index (χ1n) is 12.6. The van der Waals surface area contributed by atoms with E-state index in [1.54, 1.807) is 31.1 Å². The molecule has 4 aromatic rings. The summed E-state index contributed by atoms with van der Waals surface area (Å²) in [6.07, 6.45) is 0.451. The quantitative estimate of drug-likeness (QED) is 0.422. The summed E-state index contributed by atoms with van der Waals surface area (Å²) in [5.74, 6) is 1.78. The number of aromatic nitrogens is 1. The molecule has 3 aromatic carbocycles. The molecular weight excluding hydrogens is 482 g/mol. The van der Waals surface area contributed by atoms with Crippen LogP contribution in [0.3, 0.4) is 0 Å². The molecule has 2 amide bonds. The Hall–Kier alpha value is -4.46. The number of aromatic amines is 1. The molecular formula is C30H29N3O5. The molecule has 8 heteroatoms. The van der Waals surface area contributed by atoms with Crippen LogP contribution in [0.15, 0.2) is 66.7 Å². The lowest BCUT2D eigenvalue weighted by Crippen LogP contribution is -2.62. The van der Waals surface area contributed by atoms with Crippen molar-refractivity contribution in [3.8, 4) is 17.2 Å². The number of methoxy groups -OCH3 is 3. The molecule has 2 atom stereocenters. The average molecular weight is 512 g/mol. The zero-order chi connectivity index (χ0) is 26.4. The van der Waals surface area contributed by atoms with Gasteiger partial charge >= 0.3 is 0 Å². The van der Waals surface area contributed by atoms with Crippen LogP contribution in [0.25, 0.3) is 10.9 Å². The Morgan fingerprint density at radius 1 is 0.895 bits per heavy atom. The fraction of sp³-hybridized carbons (Fsp3) is 0.267. The topological polar surface area (TPSA) is 84.1 Å². The highest BCUT2D eigenvalue weighted by atomic mass is 16.5. The second-order valence-corrected chi connectivity index (χ2v) is 9.64. The van der Waals surface area contributed by atoms with Crippen molar-refractivity contribution in [1.29, 1.82) is 0 Å². The molecule has 1 fully saturated rings. The smallest absolute Gasteiger partial charge is 0.246 e. The molecule has 0 unspecified atom stereocenters. The number of nitrogens with one attached hydrogen (secondary N) is 1. The summed E-state index contributed by atoms with van der Waals surface area (Å²) >= 11 is 0. The Morgan fingerprint density at radius 3 is 2.39 bits per heavy atom. The maximum Gasteiger partial charge on any atom is 0.246 e. The molecule has 6 rings (SSSR count). The van der Waals surface area contributed by atoms with E-state index in [-0.39, 0.29) is 18.4 Å². The average Bonchev–Trinajstić information content (AvgIpc) is 3.33. The number of piperazine rings is 1. The molecule has 1 saturated heterocycles. The SMILES string of the molecule is COc1ccc(CN2CC(=O)N3[C@@H](c4ccc(OC)c(OC)c4)c4[nH]c5ccccc5c4C[C@H]3C2=O)cc1. The number of ether oxygens (including phenoxy) is 3. The normalized spacial score (nSPS) is 18.8. The molecule has 194 valence electrons. The van der Waals surface area contributed by atoms with Gasteiger partial charge in [0.2, 0.25) is 11.8 Å². The van der Waals surface area contributed by atoms with Crippen LogP contribution in [-0.2, 0) is 22.6 Å². The van der Waals surface area contributed by atoms with Crippen LogP contribution >= 0.6 is 0 Å². The van der Waals surface area contributed by atoms with Crippen LogP contribution in [0.2, 0.25) is 0 Å². The lowest BCUT2D eigenvalue weighted by atomic mass is 9.86. The van der Waals surface area contributed by atoms with E-state index in [1.165, 1.54) is 0 Å². The Balaban J connectivity index is 1.43. The monoisotopic (exact) mass is 511 g/mol. The summed E-state index contributed by atoms with van der Waals surface area (Å²) in [6, 6.07) is 20.2. The van der Waals surface area contributed by atoms with Gasteiger partial charge in [0.1, 0.15) is 18.3 Å². The standard InChI is InChI=1S/C30H29N3O5/c1-36-20-11-8-18(9-12-20)16-32-17-27(34)33-24(30(32)35)15-22-21-6-4-5-7-23(21)31-28(22)29(33)19-10-13-25(37-2)26(14-19)38-3/h4-14,24,29,31H,15-17H2,1-3H3/t24-,29-/m0/s1. The van der Waals surface area contributed by atoms with Gasteiger partial charge in [-0.15, -0.1) is 0 Å². The fourth-order valence-electron chi connectivity index (χ4n) is 5.78. The second kappa shape index (κ2) is 9.45. The van der Waals surface area contributed by atoms with E-state index in [4.69, 9.17) is 14.2 Å². The number of rotatable bonds is 6. The molecule has 2 aliphatic heterocycles. The van der Waals surface area contributed by atoms with Gasteiger partial charge in [0.15, 0.2) is 11.5 Å². The van der Waals surface area contributed by atoms with Gasteiger partial charge in [-0.2, -0.15) is 0 Å². The number of benzene rings is 3. The molecule has 0 saturated carbocycles. The van der Waals surface area contributed by atoms with Gasteiger partial charge in [0, 0.05) is 29.6 Å². The molecule has 3 heterocycles. The third kappa shape index (κ3) is 3.84. The Kier molecular flexibility index (Phi) is 5.94. The van der Waals surface area contributed by atoms with Crippen molar-refractivity contribution in [1.82, 2.24) is 14.8 Å². The minimum absolute atomic E-state index is 0.0146. The lowest BCUT2D eigenvalue weighted by Gasteiger charge is -2.47. The number of fused-ring (bicyclic) bond motifs is 4. The summed E-state index contributed by atoms with van der Waals surface area (Å²) in [6.45, 7) is 0.376. The number of carbonyl (C=O) groups excluding carboxylic acids is 2. The molecule has 1 aromatic heterocycles. The van der Waals surface area contributed by atoms with Crippen LogP contribution < -0.4 is 14.2 Å². The highest BCUT2D eigenvalue weighted by Gasteiger charge is 2.48. The fourth-order valence-corrected chi connectivity index (χ4v) is 5.78. The summed E-state index contributed by atoms with van der Waals surface area (Å²) in [5.41, 5.74) is 4.77. The lowest BCUT2D eigenvalue weighted by molar-refractivity contribution is -0.159. The number of H-pyrrole nitrogens is 1. The first kappa shape index (κ1) is 23.9. The van der Waals surface area contributed by atoms with Crippen LogP contribution in [0.5, 0.6) is 17.2 Å².